The minimum Gasteiger partial charge on any atom is -0.385 e. The van der Waals surface area contributed by atoms with Gasteiger partial charge in [-0.3, -0.25) is 9.79 Å². The number of ether oxygens (including phenoxy) is 1. The molecule has 2 heterocycles. The molecule has 0 bridgehead atoms. The van der Waals surface area contributed by atoms with E-state index in [0.717, 1.165) is 6.07 Å². The first kappa shape index (κ1) is 22.3. The second-order valence-corrected chi connectivity index (χ2v) is 6.74. The molecule has 3 N–H and O–H groups in total. The van der Waals surface area contributed by atoms with Crippen LogP contribution >= 0.6 is 35.6 Å². The Morgan fingerprint density at radius 1 is 1.36 bits per heavy atom. The Kier molecular flexibility index (Phi) is 7.16. The highest BCUT2D eigenvalue weighted by molar-refractivity contribution is 6.36. The molecule has 1 unspecified atom stereocenters. The van der Waals surface area contributed by atoms with Gasteiger partial charge in [0.1, 0.15) is 36.2 Å². The molecule has 0 aliphatic carbocycles. The van der Waals surface area contributed by atoms with E-state index in [0.29, 0.717) is 0 Å². The van der Waals surface area contributed by atoms with Gasteiger partial charge in [0.05, 0.1) is 16.7 Å². The summed E-state index contributed by atoms with van der Waals surface area (Å²) in [4.78, 5) is 20.3. The van der Waals surface area contributed by atoms with Gasteiger partial charge in [0.15, 0.2) is 0 Å². The number of benzene rings is 1. The highest BCUT2D eigenvalue weighted by Gasteiger charge is 2.38. The molecule has 0 fully saturated rings. The lowest BCUT2D eigenvalue weighted by atomic mass is 9.91. The van der Waals surface area contributed by atoms with Gasteiger partial charge in [0.25, 0.3) is 5.91 Å². The van der Waals surface area contributed by atoms with Crippen molar-refractivity contribution in [1.29, 1.82) is 0 Å². The second kappa shape index (κ2) is 9.00. The summed E-state index contributed by atoms with van der Waals surface area (Å²) in [6, 6.07) is 5.07. The third kappa shape index (κ3) is 4.52. The number of alkyl halides is 1. The van der Waals surface area contributed by atoms with Crippen LogP contribution in [0.4, 0.5) is 14.5 Å². The summed E-state index contributed by atoms with van der Waals surface area (Å²) in [6.07, 6.45) is 1.27. The SMILES string of the molecule is Cl.NC1=NC(CF)(c2cc(NC(=O)c3ncc(Cl)cc3Cl)ccc2F)COC1. The highest BCUT2D eigenvalue weighted by Crippen LogP contribution is 2.33. The van der Waals surface area contributed by atoms with Crippen LogP contribution in [-0.2, 0) is 10.3 Å². The molecule has 6 nitrogen and oxygen atoms in total. The van der Waals surface area contributed by atoms with Crippen molar-refractivity contribution in [3.63, 3.8) is 0 Å². The molecule has 1 atom stereocenters. The molecule has 2 aromatic rings. The first-order valence-electron chi connectivity index (χ1n) is 7.75. The summed E-state index contributed by atoms with van der Waals surface area (Å²) in [5, 5.41) is 2.87. The Hall–Kier alpha value is -2.00. The number of halogens is 5. The molecule has 0 saturated heterocycles. The first-order valence-corrected chi connectivity index (χ1v) is 8.50. The fourth-order valence-electron chi connectivity index (χ4n) is 2.67. The standard InChI is InChI=1S/C17H14Cl2F2N4O2.ClH/c18-9-3-12(19)15(23-5-9)16(26)24-10-1-2-13(21)11(4-10)17(7-20)8-27-6-14(22)25-17;/h1-5H,6-8H2,(H2,22,25)(H,24,26);1H. The van der Waals surface area contributed by atoms with E-state index in [4.69, 9.17) is 33.7 Å². The van der Waals surface area contributed by atoms with Crippen LogP contribution in [0, 0.1) is 5.82 Å². The molecule has 1 aliphatic heterocycles. The minimum atomic E-state index is -1.61. The quantitative estimate of drug-likeness (QED) is 0.741. The normalized spacial score (nSPS) is 18.8. The lowest BCUT2D eigenvalue weighted by Gasteiger charge is -2.31. The highest BCUT2D eigenvalue weighted by atomic mass is 35.5. The Labute approximate surface area is 175 Å². The van der Waals surface area contributed by atoms with Crippen molar-refractivity contribution >= 4 is 53.0 Å². The summed E-state index contributed by atoms with van der Waals surface area (Å²) in [5.41, 5.74) is 4.08. The number of carbonyl (C=O) groups excluding carboxylic acids is 1. The fourth-order valence-corrected chi connectivity index (χ4v) is 3.14. The molecule has 3 rings (SSSR count). The van der Waals surface area contributed by atoms with Gasteiger partial charge in [-0.25, -0.2) is 13.8 Å². The van der Waals surface area contributed by atoms with E-state index < -0.39 is 23.9 Å². The number of amidine groups is 1. The molecule has 150 valence electrons. The maximum atomic E-state index is 14.4. The van der Waals surface area contributed by atoms with E-state index in [1.54, 1.807) is 0 Å². The lowest BCUT2D eigenvalue weighted by molar-refractivity contribution is 0.0809. The molecular formula is C17H15Cl3F2N4O2. The number of nitrogens with two attached hydrogens (primary N) is 1. The van der Waals surface area contributed by atoms with E-state index in [2.05, 4.69) is 15.3 Å². The number of rotatable bonds is 4. The number of nitrogens with one attached hydrogen (secondary N) is 1. The smallest absolute Gasteiger partial charge is 0.275 e. The van der Waals surface area contributed by atoms with Crippen LogP contribution in [0.1, 0.15) is 16.1 Å². The number of anilines is 1. The van der Waals surface area contributed by atoms with Gasteiger partial charge < -0.3 is 15.8 Å². The number of amides is 1. The molecule has 0 radical (unpaired) electrons. The van der Waals surface area contributed by atoms with Crippen molar-refractivity contribution < 1.29 is 18.3 Å². The third-order valence-electron chi connectivity index (χ3n) is 3.92. The Bertz CT molecular complexity index is 929. The van der Waals surface area contributed by atoms with Gasteiger partial charge in [0.2, 0.25) is 0 Å². The molecule has 11 heteroatoms. The minimum absolute atomic E-state index is 0. The van der Waals surface area contributed by atoms with Gasteiger partial charge in [-0.15, -0.1) is 12.4 Å². The number of carbonyl (C=O) groups is 1. The molecule has 1 amide bonds. The average Bonchev–Trinajstić information content (AvgIpc) is 2.63. The van der Waals surface area contributed by atoms with E-state index >= 15 is 0 Å². The summed E-state index contributed by atoms with van der Waals surface area (Å²) in [6.45, 7) is -1.16. The Balaban J connectivity index is 0.00000280. The maximum Gasteiger partial charge on any atom is 0.275 e. The van der Waals surface area contributed by atoms with Crippen LogP contribution in [-0.4, -0.2) is 36.6 Å². The van der Waals surface area contributed by atoms with Crippen LogP contribution < -0.4 is 11.1 Å². The van der Waals surface area contributed by atoms with Crippen LogP contribution in [0.3, 0.4) is 0 Å². The molecule has 1 aliphatic rings. The summed E-state index contributed by atoms with van der Waals surface area (Å²) < 4.78 is 33.4. The average molecular weight is 452 g/mol. The van der Waals surface area contributed by atoms with Crippen molar-refractivity contribution in [3.8, 4) is 0 Å². The first-order chi connectivity index (χ1) is 12.8. The van der Waals surface area contributed by atoms with Crippen molar-refractivity contribution in [2.24, 2.45) is 10.7 Å². The van der Waals surface area contributed by atoms with E-state index in [1.165, 1.54) is 24.4 Å². The number of aliphatic imine (C=N–C) groups is 1. The van der Waals surface area contributed by atoms with Crippen molar-refractivity contribution in [2.75, 3.05) is 25.2 Å². The predicted molar refractivity (Wildman–Crippen MR) is 106 cm³/mol. The molecule has 1 aromatic carbocycles. The van der Waals surface area contributed by atoms with Crippen LogP contribution in [0.25, 0.3) is 0 Å². The number of nitrogens with zero attached hydrogens (tertiary/aromatic N) is 2. The van der Waals surface area contributed by atoms with E-state index in [-0.39, 0.29) is 58.4 Å². The number of aromatic nitrogens is 1. The van der Waals surface area contributed by atoms with Gasteiger partial charge in [-0.1, -0.05) is 23.2 Å². The largest absolute Gasteiger partial charge is 0.385 e. The van der Waals surface area contributed by atoms with Gasteiger partial charge in [-0.05, 0) is 24.3 Å². The van der Waals surface area contributed by atoms with Gasteiger partial charge in [-0.2, -0.15) is 0 Å². The second-order valence-electron chi connectivity index (χ2n) is 5.89. The number of hydrogen-bond acceptors (Lipinski definition) is 5. The monoisotopic (exact) mass is 450 g/mol. The zero-order valence-corrected chi connectivity index (χ0v) is 16.5. The topological polar surface area (TPSA) is 89.6 Å². The van der Waals surface area contributed by atoms with Crippen LogP contribution in [0.5, 0.6) is 0 Å². The summed E-state index contributed by atoms with van der Waals surface area (Å²) >= 11 is 11.7. The molecule has 0 saturated carbocycles. The van der Waals surface area contributed by atoms with Crippen molar-refractivity contribution in [3.05, 3.63) is 57.6 Å². The molecule has 0 spiro atoms. The maximum absolute atomic E-state index is 14.4. The molecule has 28 heavy (non-hydrogen) atoms. The summed E-state index contributed by atoms with van der Waals surface area (Å²) in [5.74, 6) is -1.27. The predicted octanol–water partition coefficient (Wildman–Crippen LogP) is 3.75. The van der Waals surface area contributed by atoms with Crippen molar-refractivity contribution in [1.82, 2.24) is 4.98 Å². The zero-order chi connectivity index (χ0) is 19.6. The lowest BCUT2D eigenvalue weighted by Crippen LogP contribution is -2.42. The van der Waals surface area contributed by atoms with Crippen LogP contribution in [0.2, 0.25) is 10.0 Å². The van der Waals surface area contributed by atoms with E-state index in [1.807, 2.05) is 0 Å². The number of pyridine rings is 1. The third-order valence-corrected chi connectivity index (χ3v) is 4.41. The zero-order valence-electron chi connectivity index (χ0n) is 14.2. The van der Waals surface area contributed by atoms with Gasteiger partial charge >= 0.3 is 0 Å². The van der Waals surface area contributed by atoms with Crippen molar-refractivity contribution in [2.45, 2.75) is 5.54 Å². The molecule has 1 aromatic heterocycles. The summed E-state index contributed by atoms with van der Waals surface area (Å²) in [7, 11) is 0. The Morgan fingerprint density at radius 2 is 2.11 bits per heavy atom. The molecular weight excluding hydrogens is 437 g/mol. The number of hydrogen-bond donors (Lipinski definition) is 2. The van der Waals surface area contributed by atoms with Gasteiger partial charge in [0, 0.05) is 17.4 Å². The van der Waals surface area contributed by atoms with E-state index in [9.17, 15) is 13.6 Å². The fraction of sp³-hybridized carbons (Fsp3) is 0.235. The Morgan fingerprint density at radius 3 is 2.75 bits per heavy atom. The van der Waals surface area contributed by atoms with Crippen LogP contribution in [0.15, 0.2) is 35.5 Å².